The number of benzene rings is 2. The monoisotopic (exact) mass is 374 g/mol. The first-order chi connectivity index (χ1) is 13.5. The second kappa shape index (κ2) is 7.27. The highest BCUT2D eigenvalue weighted by atomic mass is 16.5. The molecule has 0 bridgehead atoms. The third-order valence-electron chi connectivity index (χ3n) is 5.68. The van der Waals surface area contributed by atoms with Crippen molar-refractivity contribution >= 4 is 22.5 Å². The van der Waals surface area contributed by atoms with E-state index in [1.807, 2.05) is 48.2 Å². The Hall–Kier alpha value is -2.88. The normalized spacial score (nSPS) is 14.7. The van der Waals surface area contributed by atoms with Gasteiger partial charge in [-0.05, 0) is 81.5 Å². The van der Waals surface area contributed by atoms with E-state index in [-0.39, 0.29) is 11.9 Å². The van der Waals surface area contributed by atoms with Gasteiger partial charge in [-0.3, -0.25) is 9.78 Å². The standard InChI is InChI=1S/C24H26N2O2/c1-15-5-6-19-14-22(16(2)25-23(19)13-15)24(27)26(17(3)18-7-8-18)20-9-11-21(28-4)12-10-20/h5-6,9-14,17-18H,7-8H2,1-4H3. The van der Waals surface area contributed by atoms with Crippen molar-refractivity contribution in [2.75, 3.05) is 12.0 Å². The van der Waals surface area contributed by atoms with Crippen molar-refractivity contribution in [2.24, 2.45) is 5.92 Å². The van der Waals surface area contributed by atoms with Gasteiger partial charge in [-0.1, -0.05) is 12.1 Å². The molecule has 0 aliphatic heterocycles. The first-order valence-corrected chi connectivity index (χ1v) is 9.83. The van der Waals surface area contributed by atoms with Crippen LogP contribution in [0.5, 0.6) is 5.75 Å². The Labute approximate surface area is 166 Å². The molecule has 1 saturated carbocycles. The molecular weight excluding hydrogens is 348 g/mol. The molecule has 1 aliphatic carbocycles. The number of hydrogen-bond donors (Lipinski definition) is 0. The van der Waals surface area contributed by atoms with Crippen LogP contribution in [0.15, 0.2) is 48.5 Å². The maximum Gasteiger partial charge on any atom is 0.260 e. The van der Waals surface area contributed by atoms with Gasteiger partial charge >= 0.3 is 0 Å². The van der Waals surface area contributed by atoms with Gasteiger partial charge in [0.2, 0.25) is 0 Å². The number of amides is 1. The number of pyridine rings is 1. The molecule has 1 fully saturated rings. The number of hydrogen-bond acceptors (Lipinski definition) is 3. The Morgan fingerprint density at radius 1 is 1.11 bits per heavy atom. The minimum absolute atomic E-state index is 0.0111. The molecule has 1 atom stereocenters. The van der Waals surface area contributed by atoms with Crippen LogP contribution in [0.3, 0.4) is 0 Å². The first kappa shape index (κ1) is 18.5. The topological polar surface area (TPSA) is 42.4 Å². The Bertz CT molecular complexity index is 1020. The van der Waals surface area contributed by atoms with Gasteiger partial charge in [0.05, 0.1) is 23.9 Å². The quantitative estimate of drug-likeness (QED) is 0.608. The average molecular weight is 374 g/mol. The predicted molar refractivity (Wildman–Crippen MR) is 113 cm³/mol. The second-order valence-electron chi connectivity index (χ2n) is 7.77. The average Bonchev–Trinajstić information content (AvgIpc) is 3.53. The van der Waals surface area contributed by atoms with Gasteiger partial charge in [0.25, 0.3) is 5.91 Å². The SMILES string of the molecule is COc1ccc(N(C(=O)c2cc3ccc(C)cc3nc2C)C(C)C2CC2)cc1. The summed E-state index contributed by atoms with van der Waals surface area (Å²) in [5.74, 6) is 1.36. The summed E-state index contributed by atoms with van der Waals surface area (Å²) in [7, 11) is 1.65. The summed E-state index contributed by atoms with van der Waals surface area (Å²) in [5.41, 5.74) is 4.43. The van der Waals surface area contributed by atoms with Crippen LogP contribution in [0.1, 0.15) is 41.4 Å². The maximum atomic E-state index is 13.7. The van der Waals surface area contributed by atoms with Crippen LogP contribution >= 0.6 is 0 Å². The number of ether oxygens (including phenoxy) is 1. The molecule has 144 valence electrons. The molecule has 2 aromatic carbocycles. The van der Waals surface area contributed by atoms with Crippen LogP contribution in [0.2, 0.25) is 0 Å². The summed E-state index contributed by atoms with van der Waals surface area (Å²) in [6, 6.07) is 16.0. The van der Waals surface area contributed by atoms with E-state index in [4.69, 9.17) is 9.72 Å². The lowest BCUT2D eigenvalue weighted by molar-refractivity contribution is 0.0975. The highest BCUT2D eigenvalue weighted by molar-refractivity contribution is 6.08. The summed E-state index contributed by atoms with van der Waals surface area (Å²) in [5, 5.41) is 0.994. The number of anilines is 1. The van der Waals surface area contributed by atoms with E-state index in [0.29, 0.717) is 11.5 Å². The zero-order valence-corrected chi connectivity index (χ0v) is 16.9. The molecule has 1 unspecified atom stereocenters. The highest BCUT2D eigenvalue weighted by Gasteiger charge is 2.36. The molecule has 1 heterocycles. The van der Waals surface area contributed by atoms with E-state index in [9.17, 15) is 4.79 Å². The molecule has 4 heteroatoms. The molecule has 4 rings (SSSR count). The minimum atomic E-state index is 0.0111. The van der Waals surface area contributed by atoms with Gasteiger partial charge in [-0.2, -0.15) is 0 Å². The molecule has 0 spiro atoms. The molecule has 1 amide bonds. The Balaban J connectivity index is 1.77. The first-order valence-electron chi connectivity index (χ1n) is 9.83. The number of aryl methyl sites for hydroxylation is 2. The number of fused-ring (bicyclic) bond motifs is 1. The van der Waals surface area contributed by atoms with Gasteiger partial charge < -0.3 is 9.64 Å². The van der Waals surface area contributed by atoms with Gasteiger partial charge in [0.1, 0.15) is 5.75 Å². The second-order valence-corrected chi connectivity index (χ2v) is 7.77. The summed E-state index contributed by atoms with van der Waals surface area (Å²) in [6.07, 6.45) is 2.35. The van der Waals surface area contributed by atoms with Crippen molar-refractivity contribution < 1.29 is 9.53 Å². The fourth-order valence-electron chi connectivity index (χ4n) is 3.79. The molecule has 28 heavy (non-hydrogen) atoms. The summed E-state index contributed by atoms with van der Waals surface area (Å²) in [4.78, 5) is 20.3. The van der Waals surface area contributed by atoms with E-state index in [1.165, 1.54) is 18.4 Å². The number of aromatic nitrogens is 1. The highest BCUT2D eigenvalue weighted by Crippen LogP contribution is 2.38. The molecule has 0 saturated heterocycles. The van der Waals surface area contributed by atoms with Crippen LogP contribution < -0.4 is 9.64 Å². The van der Waals surface area contributed by atoms with Crippen molar-refractivity contribution in [3.63, 3.8) is 0 Å². The fraction of sp³-hybridized carbons (Fsp3) is 0.333. The molecule has 0 N–H and O–H groups in total. The maximum absolute atomic E-state index is 13.7. The Morgan fingerprint density at radius 3 is 2.46 bits per heavy atom. The minimum Gasteiger partial charge on any atom is -0.497 e. The predicted octanol–water partition coefficient (Wildman–Crippen LogP) is 5.31. The van der Waals surface area contributed by atoms with E-state index in [1.54, 1.807) is 7.11 Å². The zero-order chi connectivity index (χ0) is 19.8. The molecular formula is C24H26N2O2. The lowest BCUT2D eigenvalue weighted by Gasteiger charge is -2.30. The van der Waals surface area contributed by atoms with Crippen molar-refractivity contribution in [1.82, 2.24) is 4.98 Å². The molecule has 3 aromatic rings. The zero-order valence-electron chi connectivity index (χ0n) is 16.9. The van der Waals surface area contributed by atoms with E-state index < -0.39 is 0 Å². The molecule has 4 nitrogen and oxygen atoms in total. The Kier molecular flexibility index (Phi) is 4.80. The summed E-state index contributed by atoms with van der Waals surface area (Å²) >= 11 is 0. The lowest BCUT2D eigenvalue weighted by atomic mass is 10.0. The van der Waals surface area contributed by atoms with Crippen LogP contribution in [0.25, 0.3) is 10.9 Å². The van der Waals surface area contributed by atoms with Crippen molar-refractivity contribution in [3.8, 4) is 5.75 Å². The third kappa shape index (κ3) is 3.47. The van der Waals surface area contributed by atoms with E-state index >= 15 is 0 Å². The summed E-state index contributed by atoms with van der Waals surface area (Å²) in [6.45, 7) is 6.12. The number of carbonyl (C=O) groups is 1. The fourth-order valence-corrected chi connectivity index (χ4v) is 3.79. The van der Waals surface area contributed by atoms with E-state index in [2.05, 4.69) is 26.0 Å². The molecule has 1 aromatic heterocycles. The van der Waals surface area contributed by atoms with Crippen molar-refractivity contribution in [3.05, 3.63) is 65.4 Å². The van der Waals surface area contributed by atoms with Gasteiger partial charge in [-0.15, -0.1) is 0 Å². The van der Waals surface area contributed by atoms with Gasteiger partial charge in [0.15, 0.2) is 0 Å². The van der Waals surface area contributed by atoms with Crippen LogP contribution in [-0.4, -0.2) is 24.0 Å². The van der Waals surface area contributed by atoms with E-state index in [0.717, 1.165) is 28.0 Å². The van der Waals surface area contributed by atoms with Crippen LogP contribution in [0, 0.1) is 19.8 Å². The number of nitrogens with zero attached hydrogens (tertiary/aromatic N) is 2. The number of carbonyl (C=O) groups excluding carboxylic acids is 1. The molecule has 1 aliphatic rings. The van der Waals surface area contributed by atoms with Crippen LogP contribution in [0.4, 0.5) is 5.69 Å². The largest absolute Gasteiger partial charge is 0.497 e. The number of rotatable bonds is 5. The van der Waals surface area contributed by atoms with Crippen molar-refractivity contribution in [2.45, 2.75) is 39.7 Å². The smallest absolute Gasteiger partial charge is 0.260 e. The third-order valence-corrected chi connectivity index (χ3v) is 5.68. The van der Waals surface area contributed by atoms with Crippen LogP contribution in [-0.2, 0) is 0 Å². The van der Waals surface area contributed by atoms with Crippen molar-refractivity contribution in [1.29, 1.82) is 0 Å². The number of methoxy groups -OCH3 is 1. The van der Waals surface area contributed by atoms with Gasteiger partial charge in [0, 0.05) is 17.1 Å². The Morgan fingerprint density at radius 2 is 1.82 bits per heavy atom. The lowest BCUT2D eigenvalue weighted by Crippen LogP contribution is -2.40. The molecule has 0 radical (unpaired) electrons. The van der Waals surface area contributed by atoms with Gasteiger partial charge in [-0.25, -0.2) is 0 Å². The summed E-state index contributed by atoms with van der Waals surface area (Å²) < 4.78 is 5.28.